The van der Waals surface area contributed by atoms with E-state index in [0.717, 1.165) is 5.56 Å². The molecule has 0 aromatic heterocycles. The Morgan fingerprint density at radius 2 is 1.85 bits per heavy atom. The van der Waals surface area contributed by atoms with Crippen LogP contribution in [0.15, 0.2) is 42.5 Å². The van der Waals surface area contributed by atoms with Gasteiger partial charge in [-0.25, -0.2) is 0 Å². The highest BCUT2D eigenvalue weighted by Gasteiger charge is 2.13. The van der Waals surface area contributed by atoms with Gasteiger partial charge in [-0.3, -0.25) is 10.1 Å². The number of hydrogen-bond acceptors (Lipinski definition) is 3. The van der Waals surface area contributed by atoms with Crippen molar-refractivity contribution in [2.45, 2.75) is 13.1 Å². The molecule has 0 bridgehead atoms. The lowest BCUT2D eigenvalue weighted by Crippen LogP contribution is -2.12. The Kier molecular flexibility index (Phi) is 4.65. The number of rotatable bonds is 5. The number of nitro groups is 1. The van der Waals surface area contributed by atoms with E-state index in [9.17, 15) is 14.5 Å². The zero-order valence-electron chi connectivity index (χ0n) is 10.5. The van der Waals surface area contributed by atoms with Crippen molar-refractivity contribution in [3.8, 4) is 0 Å². The Morgan fingerprint density at radius 3 is 2.45 bits per heavy atom. The summed E-state index contributed by atoms with van der Waals surface area (Å²) in [5, 5.41) is 14.3. The highest BCUT2D eigenvalue weighted by Crippen LogP contribution is 2.18. The van der Waals surface area contributed by atoms with Crippen LogP contribution in [0.1, 0.15) is 11.1 Å². The third-order valence-corrected chi connectivity index (χ3v) is 2.99. The zero-order chi connectivity index (χ0) is 14.5. The molecule has 20 heavy (non-hydrogen) atoms. The standard InChI is InChI=1S/C14H12ClFN2O2/c15-12-3-1-2-10(6-12)8-17-9-11-4-5-14(18(19)20)13(16)7-11/h1-7,17H,8-9H2. The minimum Gasteiger partial charge on any atom is -0.309 e. The molecule has 2 aromatic rings. The second kappa shape index (κ2) is 6.45. The van der Waals surface area contributed by atoms with Gasteiger partial charge in [0.2, 0.25) is 5.82 Å². The summed E-state index contributed by atoms with van der Waals surface area (Å²) in [6.45, 7) is 1.00. The van der Waals surface area contributed by atoms with Crippen molar-refractivity contribution in [3.63, 3.8) is 0 Å². The van der Waals surface area contributed by atoms with Gasteiger partial charge in [0.1, 0.15) is 0 Å². The third-order valence-electron chi connectivity index (χ3n) is 2.76. The van der Waals surface area contributed by atoms with Gasteiger partial charge in [0.05, 0.1) is 4.92 Å². The van der Waals surface area contributed by atoms with Crippen molar-refractivity contribution in [3.05, 3.63) is 74.5 Å². The van der Waals surface area contributed by atoms with Crippen molar-refractivity contribution in [2.75, 3.05) is 0 Å². The Labute approximate surface area is 120 Å². The average molecular weight is 295 g/mol. The molecule has 0 saturated carbocycles. The zero-order valence-corrected chi connectivity index (χ0v) is 11.2. The van der Waals surface area contributed by atoms with Crippen LogP contribution in [0.2, 0.25) is 5.02 Å². The van der Waals surface area contributed by atoms with Crippen molar-refractivity contribution in [2.24, 2.45) is 0 Å². The van der Waals surface area contributed by atoms with Crippen LogP contribution in [-0.4, -0.2) is 4.92 Å². The number of benzene rings is 2. The van der Waals surface area contributed by atoms with Gasteiger partial charge < -0.3 is 5.32 Å². The predicted molar refractivity (Wildman–Crippen MR) is 75.1 cm³/mol. The monoisotopic (exact) mass is 294 g/mol. The first-order valence-electron chi connectivity index (χ1n) is 5.94. The van der Waals surface area contributed by atoms with Gasteiger partial charge in [0.15, 0.2) is 0 Å². The maximum absolute atomic E-state index is 13.4. The van der Waals surface area contributed by atoms with Crippen molar-refractivity contribution >= 4 is 17.3 Å². The van der Waals surface area contributed by atoms with Crippen LogP contribution >= 0.6 is 11.6 Å². The molecular formula is C14H12ClFN2O2. The van der Waals surface area contributed by atoms with Gasteiger partial charge in [-0.15, -0.1) is 0 Å². The first kappa shape index (κ1) is 14.4. The fourth-order valence-corrected chi connectivity index (χ4v) is 2.02. The summed E-state index contributed by atoms with van der Waals surface area (Å²) in [5.74, 6) is -0.822. The molecule has 0 saturated heterocycles. The van der Waals surface area contributed by atoms with Crippen LogP contribution in [0.4, 0.5) is 10.1 Å². The number of nitrogens with zero attached hydrogens (tertiary/aromatic N) is 1. The Balaban J connectivity index is 1.94. The molecule has 0 aliphatic carbocycles. The van der Waals surface area contributed by atoms with Crippen LogP contribution in [0.25, 0.3) is 0 Å². The minimum atomic E-state index is -0.822. The van der Waals surface area contributed by atoms with Gasteiger partial charge >= 0.3 is 5.69 Å². The third kappa shape index (κ3) is 3.76. The number of nitrogens with one attached hydrogen (secondary N) is 1. The number of halogens is 2. The van der Waals surface area contributed by atoms with Gasteiger partial charge in [-0.1, -0.05) is 29.8 Å². The van der Waals surface area contributed by atoms with E-state index in [1.807, 2.05) is 18.2 Å². The predicted octanol–water partition coefficient (Wildman–Crippen LogP) is 3.68. The lowest BCUT2D eigenvalue weighted by Gasteiger charge is -2.06. The summed E-state index contributed by atoms with van der Waals surface area (Å²) in [6, 6.07) is 11.3. The molecule has 4 nitrogen and oxygen atoms in total. The molecule has 0 radical (unpaired) electrons. The molecule has 0 spiro atoms. The fourth-order valence-electron chi connectivity index (χ4n) is 1.81. The maximum atomic E-state index is 13.4. The Morgan fingerprint density at radius 1 is 1.15 bits per heavy atom. The first-order chi connectivity index (χ1) is 9.56. The van der Waals surface area contributed by atoms with E-state index < -0.39 is 16.4 Å². The summed E-state index contributed by atoms with van der Waals surface area (Å²) >= 11 is 5.87. The molecule has 0 heterocycles. The van der Waals surface area contributed by atoms with Crippen LogP contribution in [-0.2, 0) is 13.1 Å². The van der Waals surface area contributed by atoms with E-state index in [0.29, 0.717) is 23.7 Å². The van der Waals surface area contributed by atoms with Crippen molar-refractivity contribution in [1.82, 2.24) is 5.32 Å². The molecule has 104 valence electrons. The molecule has 1 N–H and O–H groups in total. The van der Waals surface area contributed by atoms with Gasteiger partial charge in [0, 0.05) is 24.2 Å². The summed E-state index contributed by atoms with van der Waals surface area (Å²) in [7, 11) is 0. The molecule has 0 amide bonds. The number of nitro benzene ring substituents is 1. The second-order valence-corrected chi connectivity index (χ2v) is 4.71. The molecule has 0 fully saturated rings. The quantitative estimate of drug-likeness (QED) is 0.676. The molecule has 2 rings (SSSR count). The van der Waals surface area contributed by atoms with E-state index in [2.05, 4.69) is 5.32 Å². The van der Waals surface area contributed by atoms with E-state index in [1.165, 1.54) is 18.2 Å². The summed E-state index contributed by atoms with van der Waals surface area (Å²) < 4.78 is 13.4. The van der Waals surface area contributed by atoms with E-state index >= 15 is 0 Å². The smallest absolute Gasteiger partial charge is 0.304 e. The van der Waals surface area contributed by atoms with E-state index in [-0.39, 0.29) is 0 Å². The Hall–Kier alpha value is -1.98. The summed E-state index contributed by atoms with van der Waals surface area (Å²) in [5.41, 5.74) is 1.15. The highest BCUT2D eigenvalue weighted by atomic mass is 35.5. The summed E-state index contributed by atoms with van der Waals surface area (Å²) in [4.78, 5) is 9.76. The average Bonchev–Trinajstić information content (AvgIpc) is 2.38. The second-order valence-electron chi connectivity index (χ2n) is 4.28. The largest absolute Gasteiger partial charge is 0.309 e. The highest BCUT2D eigenvalue weighted by molar-refractivity contribution is 6.30. The lowest BCUT2D eigenvalue weighted by atomic mass is 10.2. The first-order valence-corrected chi connectivity index (χ1v) is 6.32. The molecule has 0 aliphatic heterocycles. The van der Waals surface area contributed by atoms with Crippen LogP contribution < -0.4 is 5.32 Å². The SMILES string of the molecule is O=[N+]([O-])c1ccc(CNCc2cccc(Cl)c2)cc1F. The van der Waals surface area contributed by atoms with Gasteiger partial charge in [0.25, 0.3) is 0 Å². The van der Waals surface area contributed by atoms with Crippen LogP contribution in [0.5, 0.6) is 0 Å². The minimum absolute atomic E-state index is 0.418. The topological polar surface area (TPSA) is 55.2 Å². The van der Waals surface area contributed by atoms with Gasteiger partial charge in [-0.05, 0) is 29.3 Å². The molecular weight excluding hydrogens is 283 g/mol. The summed E-state index contributed by atoms with van der Waals surface area (Å²) in [6.07, 6.45) is 0. The molecule has 0 unspecified atom stereocenters. The van der Waals surface area contributed by atoms with Crippen molar-refractivity contribution < 1.29 is 9.31 Å². The fraction of sp³-hybridized carbons (Fsp3) is 0.143. The van der Waals surface area contributed by atoms with Crippen LogP contribution in [0, 0.1) is 15.9 Å². The van der Waals surface area contributed by atoms with Crippen LogP contribution in [0.3, 0.4) is 0 Å². The maximum Gasteiger partial charge on any atom is 0.304 e. The van der Waals surface area contributed by atoms with E-state index in [1.54, 1.807) is 6.07 Å². The molecule has 0 aliphatic rings. The van der Waals surface area contributed by atoms with Crippen molar-refractivity contribution in [1.29, 1.82) is 0 Å². The molecule has 6 heteroatoms. The molecule has 2 aromatic carbocycles. The molecule has 0 atom stereocenters. The lowest BCUT2D eigenvalue weighted by molar-refractivity contribution is -0.387. The van der Waals surface area contributed by atoms with Gasteiger partial charge in [-0.2, -0.15) is 4.39 Å². The number of hydrogen-bond donors (Lipinski definition) is 1. The normalized spacial score (nSPS) is 10.5. The Bertz CT molecular complexity index is 634. The van der Waals surface area contributed by atoms with E-state index in [4.69, 9.17) is 11.6 Å².